The Hall–Kier alpha value is -2.21. The number of amides is 2. The summed E-state index contributed by atoms with van der Waals surface area (Å²) >= 11 is 1.45. The van der Waals surface area contributed by atoms with E-state index in [0.29, 0.717) is 30.7 Å². The number of thiazole rings is 1. The summed E-state index contributed by atoms with van der Waals surface area (Å²) < 4.78 is 1.85. The van der Waals surface area contributed by atoms with Crippen molar-refractivity contribution >= 4 is 23.2 Å². The number of benzene rings is 1. The predicted molar refractivity (Wildman–Crippen MR) is 93.5 cm³/mol. The minimum Gasteiger partial charge on any atom is -0.343 e. The van der Waals surface area contributed by atoms with Crippen LogP contribution in [0.1, 0.15) is 25.3 Å². The van der Waals surface area contributed by atoms with E-state index in [2.05, 4.69) is 4.99 Å². The average Bonchev–Trinajstić information content (AvgIpc) is 3.00. The van der Waals surface area contributed by atoms with E-state index in [4.69, 9.17) is 0 Å². The van der Waals surface area contributed by atoms with Gasteiger partial charge in [-0.05, 0) is 18.4 Å². The molecule has 126 valence electrons. The zero-order valence-corrected chi connectivity index (χ0v) is 14.8. The van der Waals surface area contributed by atoms with E-state index in [9.17, 15) is 9.59 Å². The lowest BCUT2D eigenvalue weighted by atomic mass is 9.72. The zero-order chi connectivity index (χ0) is 17.2. The average molecular weight is 343 g/mol. The van der Waals surface area contributed by atoms with E-state index < -0.39 is 5.41 Å². The second kappa shape index (κ2) is 6.73. The summed E-state index contributed by atoms with van der Waals surface area (Å²) in [7, 11) is 1.89. The van der Waals surface area contributed by atoms with Crippen molar-refractivity contribution in [3.05, 3.63) is 52.3 Å². The Morgan fingerprint density at radius 2 is 1.83 bits per heavy atom. The van der Waals surface area contributed by atoms with Crippen molar-refractivity contribution in [1.82, 2.24) is 9.47 Å². The van der Waals surface area contributed by atoms with Gasteiger partial charge in [-0.1, -0.05) is 30.3 Å². The summed E-state index contributed by atoms with van der Waals surface area (Å²) in [4.78, 5) is 31.7. The summed E-state index contributed by atoms with van der Waals surface area (Å²) in [5, 5.41) is 1.92. The van der Waals surface area contributed by atoms with Gasteiger partial charge in [-0.3, -0.25) is 9.59 Å². The molecule has 2 aromatic rings. The van der Waals surface area contributed by atoms with Crippen LogP contribution in [0, 0.1) is 0 Å². The van der Waals surface area contributed by atoms with Crippen molar-refractivity contribution < 1.29 is 9.59 Å². The van der Waals surface area contributed by atoms with Gasteiger partial charge in [0.2, 0.25) is 5.91 Å². The number of carbonyl (C=O) groups excluding carboxylic acids is 2. The number of piperidine rings is 1. The van der Waals surface area contributed by atoms with Crippen molar-refractivity contribution in [2.24, 2.45) is 12.0 Å². The molecule has 1 aromatic heterocycles. The highest BCUT2D eigenvalue weighted by Crippen LogP contribution is 2.36. The van der Waals surface area contributed by atoms with E-state index in [1.54, 1.807) is 11.8 Å². The highest BCUT2D eigenvalue weighted by Gasteiger charge is 2.43. The number of hydrogen-bond acceptors (Lipinski definition) is 3. The van der Waals surface area contributed by atoms with E-state index in [-0.39, 0.29) is 11.8 Å². The number of hydrogen-bond donors (Lipinski definition) is 0. The number of likely N-dealkylation sites (tertiary alicyclic amines) is 1. The molecule has 3 rings (SSSR count). The molecule has 0 radical (unpaired) electrons. The highest BCUT2D eigenvalue weighted by molar-refractivity contribution is 7.07. The summed E-state index contributed by atoms with van der Waals surface area (Å²) in [6, 6.07) is 9.83. The van der Waals surface area contributed by atoms with Crippen LogP contribution in [0.2, 0.25) is 0 Å². The van der Waals surface area contributed by atoms with Gasteiger partial charge in [-0.2, -0.15) is 4.99 Å². The van der Waals surface area contributed by atoms with Crippen LogP contribution in [0.25, 0.3) is 0 Å². The van der Waals surface area contributed by atoms with Gasteiger partial charge in [-0.15, -0.1) is 11.3 Å². The lowest BCUT2D eigenvalue weighted by Crippen LogP contribution is -2.48. The second-order valence-electron chi connectivity index (χ2n) is 6.17. The van der Waals surface area contributed by atoms with E-state index in [0.717, 1.165) is 5.56 Å². The highest BCUT2D eigenvalue weighted by atomic mass is 32.1. The molecular formula is C18H21N3O2S. The third-order valence-electron chi connectivity index (χ3n) is 4.75. The smallest absolute Gasteiger partial charge is 0.259 e. The lowest BCUT2D eigenvalue weighted by Gasteiger charge is -2.39. The van der Waals surface area contributed by atoms with Crippen LogP contribution in [0.3, 0.4) is 0 Å². The second-order valence-corrected chi connectivity index (χ2v) is 7.04. The van der Waals surface area contributed by atoms with Gasteiger partial charge in [0, 0.05) is 38.6 Å². The molecule has 0 atom stereocenters. The van der Waals surface area contributed by atoms with Gasteiger partial charge in [0.1, 0.15) is 0 Å². The maximum atomic E-state index is 13.1. The molecule has 1 aromatic carbocycles. The van der Waals surface area contributed by atoms with Gasteiger partial charge in [-0.25, -0.2) is 0 Å². The number of aromatic nitrogens is 1. The Morgan fingerprint density at radius 1 is 1.17 bits per heavy atom. The quantitative estimate of drug-likeness (QED) is 0.838. The molecule has 1 aliphatic heterocycles. The van der Waals surface area contributed by atoms with Gasteiger partial charge < -0.3 is 9.47 Å². The monoisotopic (exact) mass is 343 g/mol. The molecule has 1 saturated heterocycles. The topological polar surface area (TPSA) is 54.7 Å². The van der Waals surface area contributed by atoms with Crippen molar-refractivity contribution in [1.29, 1.82) is 0 Å². The Morgan fingerprint density at radius 3 is 2.38 bits per heavy atom. The van der Waals surface area contributed by atoms with E-state index in [1.165, 1.54) is 11.3 Å². The molecule has 0 aliphatic carbocycles. The van der Waals surface area contributed by atoms with Crippen molar-refractivity contribution in [3.8, 4) is 0 Å². The minimum atomic E-state index is -0.649. The van der Waals surface area contributed by atoms with Crippen LogP contribution in [0.4, 0.5) is 0 Å². The summed E-state index contributed by atoms with van der Waals surface area (Å²) in [5.74, 6) is -0.0549. The summed E-state index contributed by atoms with van der Waals surface area (Å²) in [5.41, 5.74) is 0.339. The Kier molecular flexibility index (Phi) is 4.66. The first-order valence-electron chi connectivity index (χ1n) is 8.03. The molecule has 0 saturated carbocycles. The van der Waals surface area contributed by atoms with Gasteiger partial charge in [0.25, 0.3) is 5.91 Å². The van der Waals surface area contributed by atoms with Gasteiger partial charge >= 0.3 is 0 Å². The fraction of sp³-hybridized carbons (Fsp3) is 0.389. The standard InChI is InChI=1S/C18H21N3O2S/c1-14(22)21-10-8-18(9-11-21,15-6-4-3-5-7-15)16(23)19-17-20(2)12-13-24-17/h3-7,12-13H,8-11H2,1-2H3. The normalized spacial score (nSPS) is 17.8. The molecule has 1 fully saturated rings. The Balaban J connectivity index is 2.00. The Bertz CT molecular complexity index is 799. The minimum absolute atomic E-state index is 0.0608. The first-order chi connectivity index (χ1) is 11.5. The number of rotatable bonds is 2. The first kappa shape index (κ1) is 16.6. The fourth-order valence-electron chi connectivity index (χ4n) is 3.22. The third kappa shape index (κ3) is 3.06. The largest absolute Gasteiger partial charge is 0.343 e. The van der Waals surface area contributed by atoms with Crippen LogP contribution in [0.5, 0.6) is 0 Å². The SMILES string of the molecule is CC(=O)N1CCC(C(=O)N=c2sccn2C)(c2ccccc2)CC1. The molecule has 2 amide bonds. The molecule has 2 heterocycles. The molecule has 24 heavy (non-hydrogen) atoms. The van der Waals surface area contributed by atoms with Crippen LogP contribution >= 0.6 is 11.3 Å². The van der Waals surface area contributed by atoms with E-state index >= 15 is 0 Å². The zero-order valence-electron chi connectivity index (χ0n) is 13.9. The molecule has 0 spiro atoms. The predicted octanol–water partition coefficient (Wildman–Crippen LogP) is 2.09. The first-order valence-corrected chi connectivity index (χ1v) is 8.91. The molecule has 0 unspecified atom stereocenters. The summed E-state index contributed by atoms with van der Waals surface area (Å²) in [6.07, 6.45) is 3.10. The molecule has 6 heteroatoms. The van der Waals surface area contributed by atoms with Gasteiger partial charge in [0.15, 0.2) is 4.80 Å². The molecule has 0 N–H and O–H groups in total. The number of carbonyl (C=O) groups is 2. The molecule has 0 bridgehead atoms. The lowest BCUT2D eigenvalue weighted by molar-refractivity contribution is -0.134. The molecule has 5 nitrogen and oxygen atoms in total. The van der Waals surface area contributed by atoms with Crippen LogP contribution in [-0.2, 0) is 22.1 Å². The van der Waals surface area contributed by atoms with Crippen molar-refractivity contribution in [3.63, 3.8) is 0 Å². The fourth-order valence-corrected chi connectivity index (χ4v) is 3.94. The maximum Gasteiger partial charge on any atom is 0.259 e. The van der Waals surface area contributed by atoms with Crippen LogP contribution in [-0.4, -0.2) is 34.4 Å². The molecular weight excluding hydrogens is 322 g/mol. The number of aryl methyl sites for hydroxylation is 1. The molecule has 1 aliphatic rings. The van der Waals surface area contributed by atoms with Crippen molar-refractivity contribution in [2.75, 3.05) is 13.1 Å². The maximum absolute atomic E-state index is 13.1. The van der Waals surface area contributed by atoms with E-state index in [1.807, 2.05) is 53.5 Å². The van der Waals surface area contributed by atoms with Crippen molar-refractivity contribution in [2.45, 2.75) is 25.2 Å². The Labute approximate surface area is 145 Å². The van der Waals surface area contributed by atoms with Gasteiger partial charge in [0.05, 0.1) is 5.41 Å². The van der Waals surface area contributed by atoms with Crippen LogP contribution < -0.4 is 4.80 Å². The number of nitrogens with zero attached hydrogens (tertiary/aromatic N) is 3. The third-order valence-corrected chi connectivity index (χ3v) is 5.60. The summed E-state index contributed by atoms with van der Waals surface area (Å²) in [6.45, 7) is 2.75. The van der Waals surface area contributed by atoms with Crippen LogP contribution in [0.15, 0.2) is 46.9 Å².